The second kappa shape index (κ2) is 7.96. The van der Waals surface area contributed by atoms with Gasteiger partial charge in [0.25, 0.3) is 0 Å². The highest BCUT2D eigenvalue weighted by molar-refractivity contribution is 5.97. The minimum absolute atomic E-state index is 0.188. The molecule has 0 saturated carbocycles. The number of carbonyl (C=O) groups excluding carboxylic acids is 1. The fraction of sp³-hybridized carbons (Fsp3) is 0.789. The van der Waals surface area contributed by atoms with Crippen molar-refractivity contribution in [2.45, 2.75) is 59.9 Å². The lowest BCUT2D eigenvalue weighted by molar-refractivity contribution is -0.156. The molecule has 1 fully saturated rings. The van der Waals surface area contributed by atoms with Crippen molar-refractivity contribution >= 4 is 11.9 Å². The molecule has 1 saturated heterocycles. The third kappa shape index (κ3) is 5.51. The zero-order chi connectivity index (χ0) is 20.4. The van der Waals surface area contributed by atoms with Gasteiger partial charge >= 0.3 is 5.97 Å². The summed E-state index contributed by atoms with van der Waals surface area (Å²) in [5.41, 5.74) is -0.811. The Morgan fingerprint density at radius 1 is 1.11 bits per heavy atom. The van der Waals surface area contributed by atoms with E-state index < -0.39 is 17.3 Å². The number of carboxylic acid groups (broad SMARTS) is 1. The van der Waals surface area contributed by atoms with E-state index in [4.69, 9.17) is 4.52 Å². The van der Waals surface area contributed by atoms with Crippen LogP contribution >= 0.6 is 0 Å². The van der Waals surface area contributed by atoms with Crippen LogP contribution in [0.4, 0.5) is 0 Å². The highest BCUT2D eigenvalue weighted by atomic mass is 16.5. The lowest BCUT2D eigenvalue weighted by Crippen LogP contribution is -2.46. The quantitative estimate of drug-likeness (QED) is 0.799. The van der Waals surface area contributed by atoms with Crippen LogP contribution < -0.4 is 0 Å². The Bertz CT molecular complexity index is 672. The Labute approximate surface area is 160 Å². The number of amides is 1. The maximum absolute atomic E-state index is 12.8. The largest absolute Gasteiger partial charge is 0.481 e. The number of hydrogen-bond acceptors (Lipinski definition) is 6. The van der Waals surface area contributed by atoms with Crippen molar-refractivity contribution in [3.63, 3.8) is 0 Å². The smallest absolute Gasteiger partial charge is 0.316 e. The number of hydrogen-bond donors (Lipinski definition) is 1. The van der Waals surface area contributed by atoms with Crippen molar-refractivity contribution < 1.29 is 19.2 Å². The van der Waals surface area contributed by atoms with E-state index in [-0.39, 0.29) is 11.3 Å². The summed E-state index contributed by atoms with van der Waals surface area (Å²) in [6.45, 7) is 14.5. The molecule has 0 spiro atoms. The molecule has 1 aromatic heterocycles. The summed E-state index contributed by atoms with van der Waals surface area (Å²) in [6.07, 6.45) is 0.784. The van der Waals surface area contributed by atoms with Crippen molar-refractivity contribution in [3.8, 4) is 0 Å². The lowest BCUT2D eigenvalue weighted by atomic mass is 9.80. The van der Waals surface area contributed by atoms with Crippen LogP contribution in [-0.4, -0.2) is 63.1 Å². The van der Waals surface area contributed by atoms with Crippen LogP contribution in [0.1, 0.15) is 59.7 Å². The van der Waals surface area contributed by atoms with Gasteiger partial charge in [-0.2, -0.15) is 4.98 Å². The monoisotopic (exact) mass is 380 g/mol. The Hall–Kier alpha value is -1.96. The fourth-order valence-corrected chi connectivity index (χ4v) is 3.20. The standard InChI is InChI=1S/C19H32N4O4/c1-18(2,3)14(16(25)26)15(24)23-9-7-8-22(10-11-23)12-13-20-17(27-21-13)19(4,5)6/h14H,7-12H2,1-6H3,(H,25,26). The van der Waals surface area contributed by atoms with E-state index in [2.05, 4.69) is 15.0 Å². The first kappa shape index (κ1) is 21.3. The molecular formula is C19H32N4O4. The number of carbonyl (C=O) groups is 2. The Kier molecular flexibility index (Phi) is 6.29. The molecule has 27 heavy (non-hydrogen) atoms. The summed E-state index contributed by atoms with van der Waals surface area (Å²) in [5, 5.41) is 13.6. The summed E-state index contributed by atoms with van der Waals surface area (Å²) in [6, 6.07) is 0. The molecule has 8 nitrogen and oxygen atoms in total. The second-order valence-electron chi connectivity index (χ2n) is 9.36. The molecule has 1 N–H and O–H groups in total. The molecule has 1 amide bonds. The van der Waals surface area contributed by atoms with Gasteiger partial charge in [-0.05, 0) is 11.8 Å². The molecule has 1 unspecified atom stereocenters. The molecule has 1 aliphatic heterocycles. The van der Waals surface area contributed by atoms with Crippen LogP contribution in [0, 0.1) is 11.3 Å². The van der Waals surface area contributed by atoms with Crippen molar-refractivity contribution in [2.24, 2.45) is 11.3 Å². The van der Waals surface area contributed by atoms with Crippen LogP contribution in [0.25, 0.3) is 0 Å². The van der Waals surface area contributed by atoms with Crippen LogP contribution in [-0.2, 0) is 21.5 Å². The van der Waals surface area contributed by atoms with E-state index in [1.54, 1.807) is 25.7 Å². The number of nitrogens with zero attached hydrogens (tertiary/aromatic N) is 4. The van der Waals surface area contributed by atoms with E-state index >= 15 is 0 Å². The van der Waals surface area contributed by atoms with Crippen LogP contribution in [0.5, 0.6) is 0 Å². The predicted molar refractivity (Wildman–Crippen MR) is 100 cm³/mol. The van der Waals surface area contributed by atoms with E-state index in [9.17, 15) is 14.7 Å². The second-order valence-corrected chi connectivity index (χ2v) is 9.36. The van der Waals surface area contributed by atoms with Gasteiger partial charge in [0.1, 0.15) is 5.92 Å². The molecule has 1 aliphatic rings. The van der Waals surface area contributed by atoms with Crippen LogP contribution in [0.3, 0.4) is 0 Å². The Balaban J connectivity index is 2.00. The fourth-order valence-electron chi connectivity index (χ4n) is 3.20. The summed E-state index contributed by atoms with van der Waals surface area (Å²) >= 11 is 0. The Morgan fingerprint density at radius 3 is 2.30 bits per heavy atom. The van der Waals surface area contributed by atoms with E-state index in [1.165, 1.54) is 0 Å². The van der Waals surface area contributed by atoms with Gasteiger partial charge in [0.2, 0.25) is 11.8 Å². The number of aliphatic carboxylic acids is 1. The zero-order valence-electron chi connectivity index (χ0n) is 17.3. The lowest BCUT2D eigenvalue weighted by Gasteiger charge is -2.31. The average molecular weight is 380 g/mol. The third-order valence-electron chi connectivity index (χ3n) is 4.73. The summed E-state index contributed by atoms with van der Waals surface area (Å²) in [5.74, 6) is -1.14. The van der Waals surface area contributed by atoms with Crippen LogP contribution in [0.15, 0.2) is 4.52 Å². The van der Waals surface area contributed by atoms with Crippen molar-refractivity contribution in [1.29, 1.82) is 0 Å². The number of rotatable bonds is 4. The van der Waals surface area contributed by atoms with Crippen molar-refractivity contribution in [1.82, 2.24) is 19.9 Å². The predicted octanol–water partition coefficient (Wildman–Crippen LogP) is 2.15. The van der Waals surface area contributed by atoms with Crippen molar-refractivity contribution in [2.75, 3.05) is 26.2 Å². The maximum atomic E-state index is 12.8. The first-order valence-corrected chi connectivity index (χ1v) is 9.46. The molecule has 1 aromatic rings. The molecule has 0 aromatic carbocycles. The van der Waals surface area contributed by atoms with Gasteiger partial charge in [0, 0.05) is 31.6 Å². The summed E-state index contributed by atoms with van der Waals surface area (Å²) < 4.78 is 5.34. The third-order valence-corrected chi connectivity index (χ3v) is 4.73. The van der Waals surface area contributed by atoms with Crippen LogP contribution in [0.2, 0.25) is 0 Å². The zero-order valence-corrected chi connectivity index (χ0v) is 17.3. The first-order chi connectivity index (χ1) is 12.4. The van der Waals surface area contributed by atoms with E-state index in [0.29, 0.717) is 37.9 Å². The van der Waals surface area contributed by atoms with Gasteiger partial charge in [0.05, 0.1) is 6.54 Å². The van der Waals surface area contributed by atoms with Crippen molar-refractivity contribution in [3.05, 3.63) is 11.7 Å². The van der Waals surface area contributed by atoms with E-state index in [1.807, 2.05) is 20.8 Å². The normalized spacial score (nSPS) is 18.2. The molecule has 8 heteroatoms. The average Bonchev–Trinajstić information content (AvgIpc) is 2.84. The topological polar surface area (TPSA) is 99.8 Å². The molecule has 0 radical (unpaired) electrons. The number of carboxylic acids is 1. The molecule has 2 rings (SSSR count). The minimum Gasteiger partial charge on any atom is -0.481 e. The first-order valence-electron chi connectivity index (χ1n) is 9.46. The number of aromatic nitrogens is 2. The van der Waals surface area contributed by atoms with Gasteiger partial charge in [-0.3, -0.25) is 14.5 Å². The summed E-state index contributed by atoms with van der Waals surface area (Å²) in [4.78, 5) is 32.8. The highest BCUT2D eigenvalue weighted by Gasteiger charge is 2.40. The SMILES string of the molecule is CC(C)(C)c1nc(CN2CCCN(C(=O)C(C(=O)O)C(C)(C)C)CC2)no1. The molecule has 0 aliphatic carbocycles. The highest BCUT2D eigenvalue weighted by Crippen LogP contribution is 2.28. The van der Waals surface area contributed by atoms with Gasteiger partial charge in [-0.25, -0.2) is 0 Å². The maximum Gasteiger partial charge on any atom is 0.316 e. The van der Waals surface area contributed by atoms with Gasteiger partial charge in [-0.15, -0.1) is 0 Å². The van der Waals surface area contributed by atoms with E-state index in [0.717, 1.165) is 13.0 Å². The molecule has 152 valence electrons. The molecular weight excluding hydrogens is 348 g/mol. The van der Waals surface area contributed by atoms with Gasteiger partial charge in [0.15, 0.2) is 5.82 Å². The summed E-state index contributed by atoms with van der Waals surface area (Å²) in [7, 11) is 0. The molecule has 2 heterocycles. The van der Waals surface area contributed by atoms with Gasteiger partial charge < -0.3 is 14.5 Å². The minimum atomic E-state index is -1.06. The van der Waals surface area contributed by atoms with Gasteiger partial charge in [-0.1, -0.05) is 46.7 Å². The molecule has 0 bridgehead atoms. The molecule has 1 atom stereocenters. The Morgan fingerprint density at radius 2 is 1.78 bits per heavy atom.